The topological polar surface area (TPSA) is 133 Å². The van der Waals surface area contributed by atoms with Crippen LogP contribution in [0.15, 0.2) is 29.1 Å². The highest BCUT2D eigenvalue weighted by Crippen LogP contribution is 2.31. The number of aryl methyl sites for hydroxylation is 1. The lowest BCUT2D eigenvalue weighted by atomic mass is 9.92. The molecule has 1 fully saturated rings. The van der Waals surface area contributed by atoms with Crippen LogP contribution in [0, 0.1) is 12.8 Å². The van der Waals surface area contributed by atoms with Crippen LogP contribution < -0.4 is 21.1 Å². The normalized spacial score (nSPS) is 18.3. The monoisotopic (exact) mass is 453 g/mol. The van der Waals surface area contributed by atoms with Gasteiger partial charge >= 0.3 is 5.97 Å². The number of para-hydroxylation sites is 1. The van der Waals surface area contributed by atoms with Gasteiger partial charge in [0.05, 0.1) is 24.0 Å². The zero-order valence-corrected chi connectivity index (χ0v) is 18.6. The predicted octanol–water partition coefficient (Wildman–Crippen LogP) is 1.92. The zero-order valence-electron chi connectivity index (χ0n) is 18.6. The number of anilines is 3. The van der Waals surface area contributed by atoms with Gasteiger partial charge < -0.3 is 20.3 Å². The summed E-state index contributed by atoms with van der Waals surface area (Å²) in [6.07, 6.45) is 1.01. The van der Waals surface area contributed by atoms with Crippen LogP contribution in [-0.2, 0) is 19.1 Å². The number of H-pyrrole nitrogens is 1. The minimum atomic E-state index is -0.951. The number of hydrogen-bond acceptors (Lipinski definition) is 7. The fourth-order valence-corrected chi connectivity index (χ4v) is 4.25. The molecular formula is C23H27N5O5. The molecule has 33 heavy (non-hydrogen) atoms. The summed E-state index contributed by atoms with van der Waals surface area (Å²) >= 11 is 0. The molecule has 0 spiro atoms. The van der Waals surface area contributed by atoms with Crippen molar-refractivity contribution in [1.82, 2.24) is 9.97 Å². The fraction of sp³-hybridized carbons (Fsp3) is 0.435. The lowest BCUT2D eigenvalue weighted by Gasteiger charge is -2.32. The maximum Gasteiger partial charge on any atom is 0.309 e. The molecule has 1 unspecified atom stereocenters. The number of nitrogens with one attached hydrogen (secondary N) is 3. The highest BCUT2D eigenvalue weighted by atomic mass is 16.5. The molecule has 3 heterocycles. The lowest BCUT2D eigenvalue weighted by Crippen LogP contribution is -2.41. The Morgan fingerprint density at radius 3 is 2.64 bits per heavy atom. The van der Waals surface area contributed by atoms with Crippen molar-refractivity contribution >= 4 is 35.2 Å². The number of carbonyl (C=O) groups excluding carboxylic acids is 3. The summed E-state index contributed by atoms with van der Waals surface area (Å²) in [4.78, 5) is 59.4. The van der Waals surface area contributed by atoms with Crippen molar-refractivity contribution < 1.29 is 19.1 Å². The number of rotatable bonds is 5. The fourth-order valence-electron chi connectivity index (χ4n) is 4.25. The Bertz CT molecular complexity index is 1140. The van der Waals surface area contributed by atoms with Crippen LogP contribution in [0.2, 0.25) is 0 Å². The highest BCUT2D eigenvalue weighted by Gasteiger charge is 2.36. The second-order valence-corrected chi connectivity index (χ2v) is 8.27. The summed E-state index contributed by atoms with van der Waals surface area (Å²) in [5, 5.41) is 5.45. The van der Waals surface area contributed by atoms with E-state index < -0.39 is 17.4 Å². The van der Waals surface area contributed by atoms with E-state index in [0.29, 0.717) is 44.2 Å². The zero-order chi connectivity index (χ0) is 23.5. The minimum absolute atomic E-state index is 0.0995. The molecule has 1 aromatic heterocycles. The predicted molar refractivity (Wildman–Crippen MR) is 122 cm³/mol. The van der Waals surface area contributed by atoms with Crippen LogP contribution in [0.5, 0.6) is 0 Å². The van der Waals surface area contributed by atoms with Crippen LogP contribution in [-0.4, -0.2) is 47.4 Å². The van der Waals surface area contributed by atoms with E-state index in [1.807, 2.05) is 24.0 Å². The molecule has 2 aliphatic heterocycles. The Morgan fingerprint density at radius 1 is 1.21 bits per heavy atom. The van der Waals surface area contributed by atoms with Crippen molar-refractivity contribution in [3.63, 3.8) is 0 Å². The van der Waals surface area contributed by atoms with Gasteiger partial charge in [0, 0.05) is 25.2 Å². The molecule has 0 saturated carbocycles. The molecule has 0 radical (unpaired) electrons. The third-order valence-electron chi connectivity index (χ3n) is 6.07. The molecule has 174 valence electrons. The number of hydrogen-bond donors (Lipinski definition) is 3. The first-order valence-electron chi connectivity index (χ1n) is 11.1. The first kappa shape index (κ1) is 22.5. The van der Waals surface area contributed by atoms with Gasteiger partial charge in [-0.05, 0) is 38.3 Å². The number of amides is 2. The van der Waals surface area contributed by atoms with Crippen LogP contribution in [0.4, 0.5) is 17.5 Å². The second-order valence-electron chi connectivity index (χ2n) is 8.27. The van der Waals surface area contributed by atoms with Crippen molar-refractivity contribution in [2.75, 3.05) is 35.2 Å². The molecule has 1 atom stereocenters. The molecular weight excluding hydrogens is 426 g/mol. The Labute approximate surface area is 190 Å². The molecule has 2 aromatic rings. The van der Waals surface area contributed by atoms with Crippen LogP contribution in [0.1, 0.15) is 43.2 Å². The van der Waals surface area contributed by atoms with E-state index in [9.17, 15) is 19.2 Å². The average molecular weight is 453 g/mol. The summed E-state index contributed by atoms with van der Waals surface area (Å²) in [6, 6.07) is 7.29. The summed E-state index contributed by atoms with van der Waals surface area (Å²) in [6.45, 7) is 5.00. The Balaban J connectivity index is 1.55. The second kappa shape index (κ2) is 9.43. The number of aromatic nitrogens is 2. The van der Waals surface area contributed by atoms with Gasteiger partial charge in [0.15, 0.2) is 0 Å². The number of fused-ring (bicyclic) bond motifs is 1. The Morgan fingerprint density at radius 2 is 1.94 bits per heavy atom. The molecule has 1 saturated heterocycles. The van der Waals surface area contributed by atoms with Crippen molar-refractivity contribution in [2.24, 2.45) is 5.92 Å². The van der Waals surface area contributed by atoms with Gasteiger partial charge in [0.2, 0.25) is 17.8 Å². The van der Waals surface area contributed by atoms with Crippen molar-refractivity contribution in [1.29, 1.82) is 0 Å². The molecule has 0 aliphatic carbocycles. The van der Waals surface area contributed by atoms with Crippen molar-refractivity contribution in [3.8, 4) is 0 Å². The largest absolute Gasteiger partial charge is 0.466 e. The number of benzene rings is 1. The maximum absolute atomic E-state index is 13.0. The molecule has 2 aliphatic rings. The Hall–Kier alpha value is -3.69. The summed E-state index contributed by atoms with van der Waals surface area (Å²) in [5.74, 6) is -1.75. The van der Waals surface area contributed by atoms with E-state index in [1.54, 1.807) is 19.1 Å². The van der Waals surface area contributed by atoms with Gasteiger partial charge in [-0.25, -0.2) is 0 Å². The van der Waals surface area contributed by atoms with E-state index in [1.165, 1.54) is 0 Å². The minimum Gasteiger partial charge on any atom is -0.466 e. The molecule has 3 N–H and O–H groups in total. The third kappa shape index (κ3) is 4.74. The molecule has 1 aromatic carbocycles. The lowest BCUT2D eigenvalue weighted by molar-refractivity contribution is -0.148. The van der Waals surface area contributed by atoms with Crippen molar-refractivity contribution in [3.05, 3.63) is 45.7 Å². The van der Waals surface area contributed by atoms with E-state index in [4.69, 9.17) is 4.74 Å². The third-order valence-corrected chi connectivity index (χ3v) is 6.07. The van der Waals surface area contributed by atoms with Crippen LogP contribution in [0.3, 0.4) is 0 Å². The van der Waals surface area contributed by atoms with Crippen molar-refractivity contribution in [2.45, 2.75) is 39.0 Å². The standard InChI is InChI=1S/C23H27N5O5/c1-3-33-22(32)14-8-10-28(11-9-14)23-26-19-18(21(31)27-23)15(12-17(29)25-19)20(30)24-16-7-5-4-6-13(16)2/h4-7,14-15H,3,8-12H2,1-2H3,(H,24,30)(H2,25,26,27,29,31). The summed E-state index contributed by atoms with van der Waals surface area (Å²) in [5.41, 5.74) is 1.18. The maximum atomic E-state index is 13.0. The van der Waals surface area contributed by atoms with E-state index in [2.05, 4.69) is 20.6 Å². The first-order chi connectivity index (χ1) is 15.9. The van der Waals surface area contributed by atoms with Gasteiger partial charge in [-0.2, -0.15) is 4.98 Å². The number of ether oxygens (including phenoxy) is 1. The van der Waals surface area contributed by atoms with E-state index >= 15 is 0 Å². The van der Waals surface area contributed by atoms with E-state index in [0.717, 1.165) is 5.56 Å². The summed E-state index contributed by atoms with van der Waals surface area (Å²) in [7, 11) is 0. The van der Waals surface area contributed by atoms with Gasteiger partial charge in [0.1, 0.15) is 5.82 Å². The molecule has 0 bridgehead atoms. The number of aromatic amines is 1. The SMILES string of the molecule is CCOC(=O)C1CCN(c2nc3c(c(=O)[nH]2)C(C(=O)Nc2ccccc2C)CC(=O)N3)CC1. The molecule has 4 rings (SSSR count). The van der Waals surface area contributed by atoms with Gasteiger partial charge in [-0.1, -0.05) is 18.2 Å². The number of piperidine rings is 1. The van der Waals surface area contributed by atoms with Gasteiger partial charge in [0.25, 0.3) is 5.56 Å². The number of nitrogens with zero attached hydrogens (tertiary/aromatic N) is 2. The number of carbonyl (C=O) groups is 3. The Kier molecular flexibility index (Phi) is 6.43. The summed E-state index contributed by atoms with van der Waals surface area (Å²) < 4.78 is 5.10. The van der Waals surface area contributed by atoms with Crippen LogP contribution in [0.25, 0.3) is 0 Å². The van der Waals surface area contributed by atoms with Crippen LogP contribution >= 0.6 is 0 Å². The molecule has 10 heteroatoms. The van der Waals surface area contributed by atoms with Gasteiger partial charge in [-0.3, -0.25) is 24.2 Å². The first-order valence-corrected chi connectivity index (χ1v) is 11.1. The molecule has 10 nitrogen and oxygen atoms in total. The van der Waals surface area contributed by atoms with E-state index in [-0.39, 0.29) is 35.6 Å². The number of esters is 1. The van der Waals surface area contributed by atoms with Gasteiger partial charge in [-0.15, -0.1) is 0 Å². The quantitative estimate of drug-likeness (QED) is 0.589. The smallest absolute Gasteiger partial charge is 0.309 e. The highest BCUT2D eigenvalue weighted by molar-refractivity contribution is 6.04. The molecule has 2 amide bonds. The average Bonchev–Trinajstić information content (AvgIpc) is 2.80.